The maximum atomic E-state index is 12.7. The normalized spacial score (nSPS) is 19.4. The van der Waals surface area contributed by atoms with Gasteiger partial charge in [-0.1, -0.05) is 6.92 Å². The molecular formula is C14H23N3O3S. The number of anilines is 1. The number of nitrogens with one attached hydrogen (secondary N) is 1. The molecule has 1 aliphatic heterocycles. The second kappa shape index (κ2) is 6.29. The number of pyridine rings is 1. The Morgan fingerprint density at radius 1 is 1.43 bits per heavy atom. The van der Waals surface area contributed by atoms with Gasteiger partial charge in [-0.15, -0.1) is 0 Å². The zero-order chi connectivity index (χ0) is 15.5. The summed E-state index contributed by atoms with van der Waals surface area (Å²) < 4.78 is 26.9. The summed E-state index contributed by atoms with van der Waals surface area (Å²) in [6, 6.07) is 3.21. The molecule has 118 valence electrons. The molecule has 1 aliphatic rings. The molecule has 0 radical (unpaired) electrons. The summed E-state index contributed by atoms with van der Waals surface area (Å²) in [5, 5.41) is 13.0. The number of sulfonamides is 1. The zero-order valence-electron chi connectivity index (χ0n) is 12.5. The maximum absolute atomic E-state index is 12.7. The second-order valence-corrected chi connectivity index (χ2v) is 7.58. The van der Waals surface area contributed by atoms with Crippen molar-refractivity contribution in [2.75, 3.05) is 25.0 Å². The average Bonchev–Trinajstić information content (AvgIpc) is 2.45. The molecule has 0 aliphatic carbocycles. The molecule has 2 rings (SSSR count). The Morgan fingerprint density at radius 3 is 2.71 bits per heavy atom. The largest absolute Gasteiger partial charge is 0.390 e. The molecule has 0 amide bonds. The third kappa shape index (κ3) is 3.72. The Balaban J connectivity index is 2.24. The lowest BCUT2D eigenvalue weighted by Crippen LogP contribution is -2.45. The number of nitrogens with zero attached hydrogens (tertiary/aromatic N) is 2. The minimum absolute atomic E-state index is 0.208. The Bertz CT molecular complexity index is 577. The number of hydrogen-bond acceptors (Lipinski definition) is 5. The topological polar surface area (TPSA) is 82.5 Å². The van der Waals surface area contributed by atoms with Gasteiger partial charge in [0, 0.05) is 25.8 Å². The molecule has 1 aromatic heterocycles. The first-order chi connectivity index (χ1) is 9.87. The monoisotopic (exact) mass is 313 g/mol. The molecule has 1 fully saturated rings. The van der Waals surface area contributed by atoms with E-state index in [-0.39, 0.29) is 4.90 Å². The van der Waals surface area contributed by atoms with Gasteiger partial charge in [0.1, 0.15) is 10.7 Å². The predicted molar refractivity (Wildman–Crippen MR) is 81.6 cm³/mol. The van der Waals surface area contributed by atoms with Crippen molar-refractivity contribution in [3.63, 3.8) is 0 Å². The highest BCUT2D eigenvalue weighted by atomic mass is 32.2. The third-order valence-electron chi connectivity index (χ3n) is 3.73. The fraction of sp³-hybridized carbons (Fsp3) is 0.643. The molecule has 1 saturated heterocycles. The Kier molecular flexibility index (Phi) is 4.85. The average molecular weight is 313 g/mol. The van der Waals surface area contributed by atoms with Crippen LogP contribution in [0.3, 0.4) is 0 Å². The van der Waals surface area contributed by atoms with Crippen molar-refractivity contribution in [3.05, 3.63) is 18.3 Å². The van der Waals surface area contributed by atoms with Gasteiger partial charge in [-0.3, -0.25) is 0 Å². The Labute approximate surface area is 126 Å². The summed E-state index contributed by atoms with van der Waals surface area (Å²) in [6.45, 7) is 5.09. The SMILES string of the molecule is CCCNc1ncccc1S(=O)(=O)N1CCC(C)(O)CC1. The lowest BCUT2D eigenvalue weighted by Gasteiger charge is -2.35. The summed E-state index contributed by atoms with van der Waals surface area (Å²) >= 11 is 0. The van der Waals surface area contributed by atoms with E-state index in [0.717, 1.165) is 6.42 Å². The van der Waals surface area contributed by atoms with Crippen LogP contribution in [0.25, 0.3) is 0 Å². The lowest BCUT2D eigenvalue weighted by atomic mass is 9.95. The van der Waals surface area contributed by atoms with Crippen LogP contribution in [0.5, 0.6) is 0 Å². The summed E-state index contributed by atoms with van der Waals surface area (Å²) in [5.74, 6) is 0.400. The smallest absolute Gasteiger partial charge is 0.246 e. The summed E-state index contributed by atoms with van der Waals surface area (Å²) in [5.41, 5.74) is -0.774. The summed E-state index contributed by atoms with van der Waals surface area (Å²) in [6.07, 6.45) is 3.37. The van der Waals surface area contributed by atoms with Gasteiger partial charge in [0.05, 0.1) is 5.60 Å². The van der Waals surface area contributed by atoms with Gasteiger partial charge in [-0.25, -0.2) is 13.4 Å². The second-order valence-electron chi connectivity index (χ2n) is 5.68. The third-order valence-corrected chi connectivity index (χ3v) is 5.66. The van der Waals surface area contributed by atoms with Crippen molar-refractivity contribution in [3.8, 4) is 0 Å². The van der Waals surface area contributed by atoms with Crippen molar-refractivity contribution in [1.82, 2.24) is 9.29 Å². The van der Waals surface area contributed by atoms with Crippen molar-refractivity contribution in [1.29, 1.82) is 0 Å². The lowest BCUT2D eigenvalue weighted by molar-refractivity contribution is 0.0126. The molecule has 21 heavy (non-hydrogen) atoms. The van der Waals surface area contributed by atoms with E-state index in [1.165, 1.54) is 4.31 Å². The van der Waals surface area contributed by atoms with Crippen molar-refractivity contribution in [2.45, 2.75) is 43.6 Å². The van der Waals surface area contributed by atoms with Gasteiger partial charge in [0.25, 0.3) is 0 Å². The van der Waals surface area contributed by atoms with Gasteiger partial charge in [-0.05, 0) is 38.3 Å². The van der Waals surface area contributed by atoms with Gasteiger partial charge >= 0.3 is 0 Å². The molecule has 2 heterocycles. The molecule has 6 nitrogen and oxygen atoms in total. The highest BCUT2D eigenvalue weighted by Crippen LogP contribution is 2.28. The Hall–Kier alpha value is -1.18. The molecule has 2 N–H and O–H groups in total. The number of rotatable bonds is 5. The van der Waals surface area contributed by atoms with E-state index in [1.54, 1.807) is 25.3 Å². The summed E-state index contributed by atoms with van der Waals surface area (Å²) in [7, 11) is -3.58. The molecule has 0 aromatic carbocycles. The molecule has 7 heteroatoms. The number of piperidine rings is 1. The van der Waals surface area contributed by atoms with Crippen LogP contribution >= 0.6 is 0 Å². The van der Waals surface area contributed by atoms with Crippen LogP contribution in [0.4, 0.5) is 5.82 Å². The van der Waals surface area contributed by atoms with Crippen molar-refractivity contribution < 1.29 is 13.5 Å². The van der Waals surface area contributed by atoms with E-state index in [4.69, 9.17) is 0 Å². The van der Waals surface area contributed by atoms with E-state index >= 15 is 0 Å². The van der Waals surface area contributed by atoms with Gasteiger partial charge in [0.2, 0.25) is 10.0 Å². The molecule has 0 bridgehead atoms. The first-order valence-electron chi connectivity index (χ1n) is 7.28. The molecular weight excluding hydrogens is 290 g/mol. The van der Waals surface area contributed by atoms with Crippen LogP contribution in [0.2, 0.25) is 0 Å². The highest BCUT2D eigenvalue weighted by Gasteiger charge is 2.35. The van der Waals surface area contributed by atoms with Crippen molar-refractivity contribution in [2.24, 2.45) is 0 Å². The van der Waals surface area contributed by atoms with Crippen LogP contribution in [0.15, 0.2) is 23.2 Å². The predicted octanol–water partition coefficient (Wildman–Crippen LogP) is 1.44. The van der Waals surface area contributed by atoms with Crippen LogP contribution < -0.4 is 5.32 Å². The molecule has 0 spiro atoms. The standard InChI is InChI=1S/C14H23N3O3S/c1-3-8-15-13-12(5-4-9-16-13)21(19,20)17-10-6-14(2,18)7-11-17/h4-5,9,18H,3,6-8,10-11H2,1-2H3,(H,15,16). The van der Waals surface area contributed by atoms with Gasteiger partial charge in [0.15, 0.2) is 0 Å². The first kappa shape index (κ1) is 16.2. The van der Waals surface area contributed by atoms with E-state index in [0.29, 0.717) is 38.3 Å². The van der Waals surface area contributed by atoms with Gasteiger partial charge < -0.3 is 10.4 Å². The van der Waals surface area contributed by atoms with E-state index in [2.05, 4.69) is 10.3 Å². The quantitative estimate of drug-likeness (QED) is 0.859. The van der Waals surface area contributed by atoms with Crippen LogP contribution in [0, 0.1) is 0 Å². The maximum Gasteiger partial charge on any atom is 0.246 e. The van der Waals surface area contributed by atoms with E-state index in [9.17, 15) is 13.5 Å². The molecule has 0 saturated carbocycles. The Morgan fingerprint density at radius 2 is 2.10 bits per heavy atom. The molecule has 0 atom stereocenters. The minimum atomic E-state index is -3.58. The zero-order valence-corrected chi connectivity index (χ0v) is 13.4. The summed E-state index contributed by atoms with van der Waals surface area (Å²) in [4.78, 5) is 4.35. The number of aromatic nitrogens is 1. The minimum Gasteiger partial charge on any atom is -0.390 e. The first-order valence-corrected chi connectivity index (χ1v) is 8.72. The fourth-order valence-corrected chi connectivity index (χ4v) is 3.88. The number of hydrogen-bond donors (Lipinski definition) is 2. The van der Waals surface area contributed by atoms with Crippen LogP contribution in [0.1, 0.15) is 33.1 Å². The van der Waals surface area contributed by atoms with Crippen molar-refractivity contribution >= 4 is 15.8 Å². The molecule has 0 unspecified atom stereocenters. The fourth-order valence-electron chi connectivity index (χ4n) is 2.32. The van der Waals surface area contributed by atoms with Gasteiger partial charge in [-0.2, -0.15) is 4.31 Å². The molecule has 1 aromatic rings. The van der Waals surface area contributed by atoms with Crippen LogP contribution in [-0.2, 0) is 10.0 Å². The van der Waals surface area contributed by atoms with Crippen LogP contribution in [-0.4, -0.2) is 48.0 Å². The van der Waals surface area contributed by atoms with E-state index < -0.39 is 15.6 Å². The number of aliphatic hydroxyl groups is 1. The van der Waals surface area contributed by atoms with E-state index in [1.807, 2.05) is 6.92 Å². The highest BCUT2D eigenvalue weighted by molar-refractivity contribution is 7.89.